The largest absolute Gasteiger partial charge is 0.416 e. The highest BCUT2D eigenvalue weighted by Gasteiger charge is 2.32. The maximum absolute atomic E-state index is 12.2. The van der Waals surface area contributed by atoms with Gasteiger partial charge < -0.3 is 0 Å². The molecule has 0 bridgehead atoms. The molecule has 1 aromatic rings. The monoisotopic (exact) mass is 187 g/mol. The highest BCUT2D eigenvalue weighted by Crippen LogP contribution is 2.31. The zero-order valence-electron chi connectivity index (χ0n) is 6.77. The van der Waals surface area contributed by atoms with Gasteiger partial charge in [-0.25, -0.2) is 0 Å². The lowest BCUT2D eigenvalue weighted by atomic mass is 10.1. The lowest BCUT2D eigenvalue weighted by Crippen LogP contribution is -2.07. The summed E-state index contributed by atoms with van der Waals surface area (Å²) in [5.41, 5.74) is -0.766. The van der Waals surface area contributed by atoms with E-state index in [1.165, 1.54) is 25.3 Å². The number of hydrogen-bond donors (Lipinski definition) is 0. The number of benzene rings is 1. The fourth-order valence-electron chi connectivity index (χ4n) is 0.991. The van der Waals surface area contributed by atoms with Crippen molar-refractivity contribution in [3.63, 3.8) is 0 Å². The summed E-state index contributed by atoms with van der Waals surface area (Å²) < 4.78 is 36.7. The Hall–Kier alpha value is -1.32. The van der Waals surface area contributed by atoms with Crippen molar-refractivity contribution in [2.24, 2.45) is 0 Å². The molecule has 0 fully saturated rings. The van der Waals surface area contributed by atoms with E-state index in [4.69, 9.17) is 0 Å². The molecule has 0 saturated heterocycles. The number of aryl methyl sites for hydroxylation is 1. The summed E-state index contributed by atoms with van der Waals surface area (Å²) in [5.74, 6) is 0. The van der Waals surface area contributed by atoms with Gasteiger partial charge in [0.1, 0.15) is 0 Å². The Morgan fingerprint density at radius 1 is 1.31 bits per heavy atom. The van der Waals surface area contributed by atoms with E-state index in [1.54, 1.807) is 0 Å². The minimum absolute atomic E-state index is 0.0853. The molecule has 0 N–H and O–H groups in total. The first kappa shape index (κ1) is 9.77. The predicted octanol–water partition coefficient (Wildman–Crippen LogP) is 2.47. The van der Waals surface area contributed by atoms with Gasteiger partial charge >= 0.3 is 6.18 Å². The van der Waals surface area contributed by atoms with Crippen LogP contribution in [0.15, 0.2) is 18.2 Å². The second-order valence-corrected chi connectivity index (χ2v) is 2.63. The van der Waals surface area contributed by atoms with E-state index in [0.29, 0.717) is 0 Å². The Morgan fingerprint density at radius 3 is 2.38 bits per heavy atom. The maximum atomic E-state index is 12.2. The quantitative estimate of drug-likeness (QED) is 0.660. The van der Waals surface area contributed by atoms with Gasteiger partial charge in [-0.3, -0.25) is 4.79 Å². The first-order chi connectivity index (χ1) is 5.95. The molecule has 13 heavy (non-hydrogen) atoms. The molecule has 4 heteroatoms. The van der Waals surface area contributed by atoms with Crippen LogP contribution in [0.25, 0.3) is 0 Å². The normalized spacial score (nSPS) is 11.4. The first-order valence-corrected chi connectivity index (χ1v) is 3.51. The fourth-order valence-corrected chi connectivity index (χ4v) is 0.991. The Balaban J connectivity index is 3.27. The van der Waals surface area contributed by atoms with E-state index < -0.39 is 11.7 Å². The lowest BCUT2D eigenvalue weighted by Gasteiger charge is -2.09. The molecule has 1 aromatic carbocycles. The number of rotatable bonds is 1. The lowest BCUT2D eigenvalue weighted by molar-refractivity contribution is -0.138. The van der Waals surface area contributed by atoms with Crippen LogP contribution in [-0.4, -0.2) is 6.29 Å². The first-order valence-electron chi connectivity index (χ1n) is 3.51. The van der Waals surface area contributed by atoms with E-state index in [1.807, 2.05) is 0 Å². The molecular weight excluding hydrogens is 181 g/mol. The van der Waals surface area contributed by atoms with Gasteiger partial charge in [0, 0.05) is 5.56 Å². The van der Waals surface area contributed by atoms with Crippen molar-refractivity contribution < 1.29 is 18.0 Å². The van der Waals surface area contributed by atoms with E-state index in [-0.39, 0.29) is 11.1 Å². The van der Waals surface area contributed by atoms with Crippen LogP contribution in [0.4, 0.5) is 13.2 Å². The number of alkyl halides is 3. The Labute approximate surface area is 73.2 Å². The predicted molar refractivity (Wildman–Crippen MR) is 41.0 cm³/mol. The van der Waals surface area contributed by atoms with Gasteiger partial charge in [-0.05, 0) is 18.6 Å². The molecule has 0 aromatic heterocycles. The number of hydrogen-bond acceptors (Lipinski definition) is 1. The van der Waals surface area contributed by atoms with E-state index in [0.717, 1.165) is 6.07 Å². The summed E-state index contributed by atoms with van der Waals surface area (Å²) in [5, 5.41) is 0. The summed E-state index contributed by atoms with van der Waals surface area (Å²) in [6.07, 6.45) is -2.99. The third-order valence-electron chi connectivity index (χ3n) is 1.66. The van der Waals surface area contributed by atoms with Gasteiger partial charge in [-0.2, -0.15) is 13.2 Å². The zero-order chi connectivity index (χ0) is 10.1. The smallest absolute Gasteiger partial charge is 0.285 e. The molecule has 0 atom stereocenters. The molecule has 1 radical (unpaired) electrons. The third kappa shape index (κ3) is 2.08. The molecule has 1 rings (SSSR count). The van der Waals surface area contributed by atoms with Crippen molar-refractivity contribution in [2.45, 2.75) is 13.1 Å². The van der Waals surface area contributed by atoms with Crippen molar-refractivity contribution >= 4 is 6.29 Å². The molecule has 0 spiro atoms. The minimum Gasteiger partial charge on any atom is -0.285 e. The van der Waals surface area contributed by atoms with Crippen LogP contribution in [0.1, 0.15) is 16.7 Å². The van der Waals surface area contributed by atoms with Crippen molar-refractivity contribution in [3.05, 3.63) is 34.9 Å². The molecule has 0 aliphatic heterocycles. The molecule has 0 unspecified atom stereocenters. The highest BCUT2D eigenvalue weighted by atomic mass is 19.4. The van der Waals surface area contributed by atoms with Crippen molar-refractivity contribution in [2.75, 3.05) is 0 Å². The van der Waals surface area contributed by atoms with E-state index >= 15 is 0 Å². The molecule has 1 nitrogen and oxygen atoms in total. The van der Waals surface area contributed by atoms with Crippen LogP contribution < -0.4 is 0 Å². The number of carbonyl (C=O) groups excluding carboxylic acids is 1. The average Bonchev–Trinajstić information content (AvgIpc) is 2.03. The third-order valence-corrected chi connectivity index (χ3v) is 1.66. The van der Waals surface area contributed by atoms with Gasteiger partial charge in [-0.15, -0.1) is 0 Å². The van der Waals surface area contributed by atoms with Crippen molar-refractivity contribution in [1.82, 2.24) is 0 Å². The van der Waals surface area contributed by atoms with Gasteiger partial charge in [-0.1, -0.05) is 12.1 Å². The standard InChI is InChI=1S/C9H6F3O/c1-6-2-3-7(5-13)4-8(6)9(10,11)12/h2-4H,1H3. The second kappa shape index (κ2) is 3.20. The number of halogens is 3. The van der Waals surface area contributed by atoms with Crippen molar-refractivity contribution in [3.8, 4) is 0 Å². The molecule has 0 aliphatic carbocycles. The highest BCUT2D eigenvalue weighted by molar-refractivity contribution is 5.75. The Morgan fingerprint density at radius 2 is 1.92 bits per heavy atom. The minimum atomic E-state index is -4.41. The summed E-state index contributed by atoms with van der Waals surface area (Å²) >= 11 is 0. The van der Waals surface area contributed by atoms with Crippen LogP contribution in [-0.2, 0) is 11.0 Å². The summed E-state index contributed by atoms with van der Waals surface area (Å²) in [6.45, 7) is 1.34. The SMILES string of the molecule is Cc1ccc([C]=O)cc1C(F)(F)F. The maximum Gasteiger partial charge on any atom is 0.416 e. The molecule has 0 heterocycles. The van der Waals surface area contributed by atoms with Gasteiger partial charge in [0.15, 0.2) is 0 Å². The Bertz CT molecular complexity index is 328. The topological polar surface area (TPSA) is 17.1 Å². The summed E-state index contributed by atoms with van der Waals surface area (Å²) in [6, 6.07) is 3.35. The molecular formula is C9H6F3O. The van der Waals surface area contributed by atoms with Crippen LogP contribution in [0, 0.1) is 6.92 Å². The average molecular weight is 187 g/mol. The van der Waals surface area contributed by atoms with Gasteiger partial charge in [0.25, 0.3) is 0 Å². The Kier molecular flexibility index (Phi) is 2.40. The second-order valence-electron chi connectivity index (χ2n) is 2.63. The molecule has 0 amide bonds. The molecule has 0 aliphatic rings. The van der Waals surface area contributed by atoms with Crippen LogP contribution in [0.3, 0.4) is 0 Å². The fraction of sp³-hybridized carbons (Fsp3) is 0.222. The van der Waals surface area contributed by atoms with E-state index in [9.17, 15) is 18.0 Å². The summed E-state index contributed by atoms with van der Waals surface area (Å²) in [7, 11) is 0. The van der Waals surface area contributed by atoms with Crippen molar-refractivity contribution in [1.29, 1.82) is 0 Å². The molecule has 69 valence electrons. The zero-order valence-corrected chi connectivity index (χ0v) is 6.77. The van der Waals surface area contributed by atoms with Crippen LogP contribution in [0.5, 0.6) is 0 Å². The van der Waals surface area contributed by atoms with E-state index in [2.05, 4.69) is 0 Å². The van der Waals surface area contributed by atoms with Crippen LogP contribution in [0.2, 0.25) is 0 Å². The van der Waals surface area contributed by atoms with Crippen LogP contribution >= 0.6 is 0 Å². The molecule has 0 saturated carbocycles. The van der Waals surface area contributed by atoms with Gasteiger partial charge in [0.05, 0.1) is 5.56 Å². The van der Waals surface area contributed by atoms with Gasteiger partial charge in [0.2, 0.25) is 6.29 Å². The summed E-state index contributed by atoms with van der Waals surface area (Å²) in [4.78, 5) is 10.1.